The molecule has 1 aromatic heterocycles. The summed E-state index contributed by atoms with van der Waals surface area (Å²) in [5.41, 5.74) is 0.480. The van der Waals surface area contributed by atoms with Gasteiger partial charge in [0, 0.05) is 19.2 Å². The van der Waals surface area contributed by atoms with Gasteiger partial charge in [-0.3, -0.25) is 9.59 Å². The smallest absolute Gasteiger partial charge is 0.270 e. The number of pyridine rings is 1. The van der Waals surface area contributed by atoms with Gasteiger partial charge in [-0.15, -0.1) is 0 Å². The van der Waals surface area contributed by atoms with Gasteiger partial charge >= 0.3 is 0 Å². The topological polar surface area (TPSA) is 42.3 Å². The molecule has 1 fully saturated rings. The van der Waals surface area contributed by atoms with Gasteiger partial charge in [-0.2, -0.15) is 0 Å². The first-order valence-corrected chi connectivity index (χ1v) is 5.28. The molecule has 4 nitrogen and oxygen atoms in total. The molecule has 3 rings (SSSR count). The lowest BCUT2D eigenvalue weighted by Gasteiger charge is -2.31. The van der Waals surface area contributed by atoms with Crippen molar-refractivity contribution in [2.75, 3.05) is 6.54 Å². The normalized spacial score (nSPS) is 23.9. The van der Waals surface area contributed by atoms with Crippen molar-refractivity contribution in [3.63, 3.8) is 0 Å². The van der Waals surface area contributed by atoms with E-state index in [-0.39, 0.29) is 17.5 Å². The summed E-state index contributed by atoms with van der Waals surface area (Å²) in [4.78, 5) is 25.5. The van der Waals surface area contributed by atoms with Crippen molar-refractivity contribution >= 4 is 5.91 Å². The van der Waals surface area contributed by atoms with Crippen LogP contribution in [0.3, 0.4) is 0 Å². The highest BCUT2D eigenvalue weighted by Gasteiger charge is 2.35. The monoisotopic (exact) mass is 204 g/mol. The van der Waals surface area contributed by atoms with Crippen molar-refractivity contribution in [3.8, 4) is 0 Å². The number of carbonyl (C=O) groups excluding carboxylic acids is 1. The minimum absolute atomic E-state index is 0.0152. The molecular formula is C11H12N2O2. The summed E-state index contributed by atoms with van der Waals surface area (Å²) in [7, 11) is 0. The van der Waals surface area contributed by atoms with Crippen LogP contribution in [0.15, 0.2) is 23.0 Å². The summed E-state index contributed by atoms with van der Waals surface area (Å²) in [5, 5.41) is 0. The zero-order valence-corrected chi connectivity index (χ0v) is 8.35. The van der Waals surface area contributed by atoms with Crippen molar-refractivity contribution in [2.24, 2.45) is 0 Å². The molecule has 15 heavy (non-hydrogen) atoms. The van der Waals surface area contributed by atoms with E-state index in [0.29, 0.717) is 12.2 Å². The van der Waals surface area contributed by atoms with Gasteiger partial charge in [-0.25, -0.2) is 0 Å². The van der Waals surface area contributed by atoms with Gasteiger partial charge in [0.1, 0.15) is 5.69 Å². The summed E-state index contributed by atoms with van der Waals surface area (Å²) in [6, 6.07) is 5.15. The molecule has 0 bridgehead atoms. The van der Waals surface area contributed by atoms with E-state index >= 15 is 0 Å². The van der Waals surface area contributed by atoms with Crippen molar-refractivity contribution in [3.05, 3.63) is 34.2 Å². The fourth-order valence-corrected chi connectivity index (χ4v) is 2.55. The van der Waals surface area contributed by atoms with Crippen molar-refractivity contribution < 1.29 is 4.79 Å². The lowest BCUT2D eigenvalue weighted by molar-refractivity contribution is 0.0664. The van der Waals surface area contributed by atoms with Crippen LogP contribution in [0.4, 0.5) is 0 Å². The second-order valence-corrected chi connectivity index (χ2v) is 4.15. The highest BCUT2D eigenvalue weighted by molar-refractivity contribution is 5.93. The predicted molar refractivity (Wildman–Crippen MR) is 54.8 cm³/mol. The fraction of sp³-hybridized carbons (Fsp3) is 0.455. The summed E-state index contributed by atoms with van der Waals surface area (Å²) in [5.74, 6) is 0.0152. The van der Waals surface area contributed by atoms with Crippen LogP contribution in [0.2, 0.25) is 0 Å². The molecular weight excluding hydrogens is 192 g/mol. The Labute approximate surface area is 87.1 Å². The van der Waals surface area contributed by atoms with E-state index in [1.807, 2.05) is 4.90 Å². The molecule has 78 valence electrons. The Balaban J connectivity index is 2.16. The number of nitrogens with zero attached hydrogens (tertiary/aromatic N) is 2. The molecule has 3 heterocycles. The molecule has 2 aliphatic rings. The van der Waals surface area contributed by atoms with Gasteiger partial charge in [0.25, 0.3) is 11.5 Å². The first-order chi connectivity index (χ1) is 7.27. The highest BCUT2D eigenvalue weighted by atomic mass is 16.2. The third-order valence-electron chi connectivity index (χ3n) is 3.30. The maximum absolute atomic E-state index is 12.0. The number of fused-ring (bicyclic) bond motifs is 2. The largest absolute Gasteiger partial charge is 0.333 e. The lowest BCUT2D eigenvalue weighted by atomic mass is 10.1. The Morgan fingerprint density at radius 1 is 1.27 bits per heavy atom. The Hall–Kier alpha value is -1.58. The Morgan fingerprint density at radius 3 is 3.00 bits per heavy atom. The van der Waals surface area contributed by atoms with Crippen molar-refractivity contribution in [1.82, 2.24) is 9.47 Å². The quantitative estimate of drug-likeness (QED) is 0.616. The third kappa shape index (κ3) is 1.14. The second-order valence-electron chi connectivity index (χ2n) is 4.15. The van der Waals surface area contributed by atoms with Crippen LogP contribution in [0.25, 0.3) is 0 Å². The van der Waals surface area contributed by atoms with Crippen LogP contribution in [0.5, 0.6) is 0 Å². The van der Waals surface area contributed by atoms with Crippen molar-refractivity contribution in [2.45, 2.75) is 25.4 Å². The van der Waals surface area contributed by atoms with Gasteiger partial charge in [0.15, 0.2) is 0 Å². The molecule has 1 aromatic rings. The van der Waals surface area contributed by atoms with Crippen LogP contribution >= 0.6 is 0 Å². The zero-order chi connectivity index (χ0) is 10.4. The van der Waals surface area contributed by atoms with Gasteiger partial charge in [-0.1, -0.05) is 6.07 Å². The van der Waals surface area contributed by atoms with E-state index in [2.05, 4.69) is 0 Å². The predicted octanol–water partition coefficient (Wildman–Crippen LogP) is 0.466. The highest BCUT2D eigenvalue weighted by Crippen LogP contribution is 2.24. The number of carbonyl (C=O) groups is 1. The Bertz CT molecular complexity index is 478. The number of amides is 1. The lowest BCUT2D eigenvalue weighted by Crippen LogP contribution is -2.47. The van der Waals surface area contributed by atoms with E-state index in [9.17, 15) is 9.59 Å². The summed E-state index contributed by atoms with van der Waals surface area (Å²) in [6.07, 6.45) is 2.08. The number of rotatable bonds is 0. The van der Waals surface area contributed by atoms with Gasteiger partial charge in [-0.05, 0) is 18.9 Å². The molecule has 1 amide bonds. The molecule has 0 aromatic carbocycles. The van der Waals surface area contributed by atoms with Gasteiger partial charge < -0.3 is 9.47 Å². The zero-order valence-electron chi connectivity index (χ0n) is 8.35. The third-order valence-corrected chi connectivity index (χ3v) is 3.30. The Kier molecular flexibility index (Phi) is 1.71. The molecule has 2 aliphatic heterocycles. The number of aromatic nitrogens is 1. The van der Waals surface area contributed by atoms with E-state index in [4.69, 9.17) is 0 Å². The molecule has 0 aliphatic carbocycles. The summed E-state index contributed by atoms with van der Waals surface area (Å²) in [6.45, 7) is 1.51. The number of hydrogen-bond donors (Lipinski definition) is 0. The maximum Gasteiger partial charge on any atom is 0.270 e. The molecule has 4 heteroatoms. The van der Waals surface area contributed by atoms with Crippen LogP contribution in [-0.2, 0) is 6.54 Å². The van der Waals surface area contributed by atoms with Crippen LogP contribution < -0.4 is 5.56 Å². The second kappa shape index (κ2) is 2.95. The molecule has 1 saturated heterocycles. The average Bonchev–Trinajstić information content (AvgIpc) is 2.68. The molecule has 1 unspecified atom stereocenters. The van der Waals surface area contributed by atoms with Crippen molar-refractivity contribution in [1.29, 1.82) is 0 Å². The molecule has 0 saturated carbocycles. The fourth-order valence-electron chi connectivity index (χ4n) is 2.55. The minimum atomic E-state index is -0.0626. The van der Waals surface area contributed by atoms with Gasteiger partial charge in [0.2, 0.25) is 0 Å². The average molecular weight is 204 g/mol. The van der Waals surface area contributed by atoms with E-state index < -0.39 is 0 Å². The molecule has 0 N–H and O–H groups in total. The minimum Gasteiger partial charge on any atom is -0.333 e. The van der Waals surface area contributed by atoms with Crippen LogP contribution in [0.1, 0.15) is 23.3 Å². The van der Waals surface area contributed by atoms with Crippen LogP contribution in [0, 0.1) is 0 Å². The van der Waals surface area contributed by atoms with E-state index in [1.165, 1.54) is 6.07 Å². The molecule has 1 atom stereocenters. The number of hydrogen-bond acceptors (Lipinski definition) is 2. The van der Waals surface area contributed by atoms with E-state index in [0.717, 1.165) is 19.4 Å². The van der Waals surface area contributed by atoms with E-state index in [1.54, 1.807) is 16.7 Å². The SMILES string of the molecule is O=C1c2cccc(=O)n2CC2CCCN12. The summed E-state index contributed by atoms with van der Waals surface area (Å²) < 4.78 is 1.61. The molecule has 0 radical (unpaired) electrons. The standard InChI is InChI=1S/C11H12N2O2/c14-10-5-1-4-9-11(15)12-6-2-3-8(12)7-13(9)10/h1,4-5,8H,2-3,6-7H2. The van der Waals surface area contributed by atoms with Crippen LogP contribution in [-0.4, -0.2) is 28.0 Å². The maximum atomic E-state index is 12.0. The van der Waals surface area contributed by atoms with Gasteiger partial charge in [0.05, 0.1) is 6.04 Å². The Morgan fingerprint density at radius 2 is 2.13 bits per heavy atom. The summed E-state index contributed by atoms with van der Waals surface area (Å²) >= 11 is 0. The first kappa shape index (κ1) is 8.71. The molecule has 0 spiro atoms. The first-order valence-electron chi connectivity index (χ1n) is 5.28.